The van der Waals surface area contributed by atoms with Crippen molar-refractivity contribution < 1.29 is 14.7 Å². The van der Waals surface area contributed by atoms with Crippen LogP contribution in [0.3, 0.4) is 0 Å². The van der Waals surface area contributed by atoms with Gasteiger partial charge < -0.3 is 15.7 Å². The van der Waals surface area contributed by atoms with E-state index in [4.69, 9.17) is 0 Å². The van der Waals surface area contributed by atoms with Gasteiger partial charge in [0.25, 0.3) is 0 Å². The van der Waals surface area contributed by atoms with Crippen molar-refractivity contribution in [2.75, 3.05) is 0 Å². The highest BCUT2D eigenvalue weighted by Crippen LogP contribution is 2.26. The Hall–Kier alpha value is -1.26. The molecule has 0 aliphatic heterocycles. The average Bonchev–Trinajstić information content (AvgIpc) is 2.42. The standard InChI is InChI=1S/C15H28N2O3/c1-4-12(10(2)3)16-15(20)17-13(14(18)19)11-8-6-5-7-9-11/h10-13H,4-9H2,1-3H3,(H,18,19)(H2,16,17,20). The monoisotopic (exact) mass is 284 g/mol. The summed E-state index contributed by atoms with van der Waals surface area (Å²) in [5.41, 5.74) is 0. The summed E-state index contributed by atoms with van der Waals surface area (Å²) in [6.07, 6.45) is 5.90. The summed E-state index contributed by atoms with van der Waals surface area (Å²) in [7, 11) is 0. The van der Waals surface area contributed by atoms with E-state index in [2.05, 4.69) is 10.6 Å². The van der Waals surface area contributed by atoms with E-state index < -0.39 is 12.0 Å². The van der Waals surface area contributed by atoms with Crippen molar-refractivity contribution in [2.45, 2.75) is 71.4 Å². The van der Waals surface area contributed by atoms with Gasteiger partial charge in [0, 0.05) is 6.04 Å². The van der Waals surface area contributed by atoms with E-state index >= 15 is 0 Å². The highest BCUT2D eigenvalue weighted by atomic mass is 16.4. The van der Waals surface area contributed by atoms with Gasteiger partial charge in [0.15, 0.2) is 0 Å². The zero-order valence-corrected chi connectivity index (χ0v) is 12.8. The van der Waals surface area contributed by atoms with E-state index in [9.17, 15) is 14.7 Å². The Morgan fingerprint density at radius 2 is 1.75 bits per heavy atom. The molecule has 1 rings (SSSR count). The van der Waals surface area contributed by atoms with Gasteiger partial charge in [0.1, 0.15) is 6.04 Å². The number of carboxylic acids is 1. The van der Waals surface area contributed by atoms with Gasteiger partial charge in [-0.05, 0) is 31.1 Å². The summed E-state index contributed by atoms with van der Waals surface area (Å²) >= 11 is 0. The molecule has 0 bridgehead atoms. The first-order valence-electron chi connectivity index (χ1n) is 7.75. The lowest BCUT2D eigenvalue weighted by atomic mass is 9.84. The van der Waals surface area contributed by atoms with Crippen LogP contribution in [-0.2, 0) is 4.79 Å². The first kappa shape index (κ1) is 16.8. The lowest BCUT2D eigenvalue weighted by Crippen LogP contribution is -2.52. The SMILES string of the molecule is CCC(NC(=O)NC(C(=O)O)C1CCCCC1)C(C)C. The third kappa shape index (κ3) is 5.02. The third-order valence-electron chi connectivity index (χ3n) is 4.23. The molecular formula is C15H28N2O3. The molecule has 0 spiro atoms. The zero-order valence-electron chi connectivity index (χ0n) is 12.8. The molecule has 5 nitrogen and oxygen atoms in total. The summed E-state index contributed by atoms with van der Waals surface area (Å²) in [6, 6.07) is -1.04. The molecular weight excluding hydrogens is 256 g/mol. The van der Waals surface area contributed by atoms with Gasteiger partial charge in [-0.3, -0.25) is 0 Å². The molecule has 20 heavy (non-hydrogen) atoms. The number of carbonyl (C=O) groups excluding carboxylic acids is 1. The molecule has 2 unspecified atom stereocenters. The summed E-state index contributed by atoms with van der Waals surface area (Å²) < 4.78 is 0. The highest BCUT2D eigenvalue weighted by Gasteiger charge is 2.31. The molecule has 0 aromatic carbocycles. The lowest BCUT2D eigenvalue weighted by Gasteiger charge is -2.29. The molecule has 1 saturated carbocycles. The molecule has 3 N–H and O–H groups in total. The number of carbonyl (C=O) groups is 2. The molecule has 2 atom stereocenters. The van der Waals surface area contributed by atoms with Crippen LogP contribution in [0.25, 0.3) is 0 Å². The minimum Gasteiger partial charge on any atom is -0.480 e. The van der Waals surface area contributed by atoms with E-state index in [0.29, 0.717) is 5.92 Å². The maximum Gasteiger partial charge on any atom is 0.326 e. The van der Waals surface area contributed by atoms with Crippen LogP contribution in [0.4, 0.5) is 4.79 Å². The molecule has 0 radical (unpaired) electrons. The van der Waals surface area contributed by atoms with Gasteiger partial charge >= 0.3 is 12.0 Å². The van der Waals surface area contributed by atoms with Crippen molar-refractivity contribution >= 4 is 12.0 Å². The van der Waals surface area contributed by atoms with Crippen LogP contribution in [0, 0.1) is 11.8 Å². The maximum atomic E-state index is 12.0. The smallest absolute Gasteiger partial charge is 0.326 e. The van der Waals surface area contributed by atoms with Crippen LogP contribution >= 0.6 is 0 Å². The van der Waals surface area contributed by atoms with Gasteiger partial charge in [-0.2, -0.15) is 0 Å². The normalized spacial score (nSPS) is 19.4. The van der Waals surface area contributed by atoms with Gasteiger partial charge in [0.2, 0.25) is 0 Å². The van der Waals surface area contributed by atoms with Gasteiger partial charge in [0.05, 0.1) is 0 Å². The molecule has 116 valence electrons. The molecule has 1 aliphatic carbocycles. The van der Waals surface area contributed by atoms with Crippen LogP contribution < -0.4 is 10.6 Å². The Morgan fingerprint density at radius 1 is 1.15 bits per heavy atom. The largest absolute Gasteiger partial charge is 0.480 e. The Balaban J connectivity index is 2.56. The second-order valence-electron chi connectivity index (χ2n) is 6.09. The van der Waals surface area contributed by atoms with Crippen LogP contribution in [-0.4, -0.2) is 29.2 Å². The highest BCUT2D eigenvalue weighted by molar-refractivity contribution is 5.82. The molecule has 0 saturated heterocycles. The van der Waals surface area contributed by atoms with E-state index in [1.807, 2.05) is 20.8 Å². The average molecular weight is 284 g/mol. The molecule has 0 aromatic rings. The number of hydrogen-bond donors (Lipinski definition) is 3. The van der Waals surface area contributed by atoms with Crippen LogP contribution in [0.15, 0.2) is 0 Å². The lowest BCUT2D eigenvalue weighted by molar-refractivity contribution is -0.141. The van der Waals surface area contributed by atoms with Gasteiger partial charge in [-0.1, -0.05) is 40.0 Å². The van der Waals surface area contributed by atoms with Crippen LogP contribution in [0.2, 0.25) is 0 Å². The van der Waals surface area contributed by atoms with Crippen LogP contribution in [0.5, 0.6) is 0 Å². The summed E-state index contributed by atoms with van der Waals surface area (Å²) in [4.78, 5) is 23.4. The number of rotatable bonds is 6. The summed E-state index contributed by atoms with van der Waals surface area (Å²) in [6.45, 7) is 6.11. The van der Waals surface area contributed by atoms with E-state index in [0.717, 1.165) is 32.1 Å². The summed E-state index contributed by atoms with van der Waals surface area (Å²) in [5, 5.41) is 14.9. The number of urea groups is 1. The molecule has 1 fully saturated rings. The minimum absolute atomic E-state index is 0.0612. The van der Waals surface area contributed by atoms with E-state index in [1.54, 1.807) is 0 Å². The van der Waals surface area contributed by atoms with Crippen molar-refractivity contribution in [3.63, 3.8) is 0 Å². The zero-order chi connectivity index (χ0) is 15.1. The second-order valence-corrected chi connectivity index (χ2v) is 6.09. The minimum atomic E-state index is -0.926. The number of aliphatic carboxylic acids is 1. The number of amides is 2. The topological polar surface area (TPSA) is 78.4 Å². The second kappa shape index (κ2) is 8.12. The summed E-state index contributed by atoms with van der Waals surface area (Å²) in [5.74, 6) is -0.528. The maximum absolute atomic E-state index is 12.0. The van der Waals surface area contributed by atoms with E-state index in [1.165, 1.54) is 6.42 Å². The Kier molecular flexibility index (Phi) is 6.82. The fourth-order valence-electron chi connectivity index (χ4n) is 2.94. The Bertz CT molecular complexity index is 325. The molecule has 0 heterocycles. The van der Waals surface area contributed by atoms with Crippen molar-refractivity contribution in [2.24, 2.45) is 11.8 Å². The predicted molar refractivity (Wildman–Crippen MR) is 78.6 cm³/mol. The molecule has 5 heteroatoms. The quantitative estimate of drug-likeness (QED) is 0.701. The third-order valence-corrected chi connectivity index (χ3v) is 4.23. The van der Waals surface area contributed by atoms with Crippen LogP contribution in [0.1, 0.15) is 59.3 Å². The number of carboxylic acid groups (broad SMARTS) is 1. The molecule has 2 amide bonds. The predicted octanol–water partition coefficient (Wildman–Crippen LogP) is 2.75. The van der Waals surface area contributed by atoms with Crippen molar-refractivity contribution in [3.05, 3.63) is 0 Å². The Morgan fingerprint density at radius 3 is 2.20 bits per heavy atom. The number of nitrogens with one attached hydrogen (secondary N) is 2. The number of hydrogen-bond acceptors (Lipinski definition) is 2. The first-order chi connectivity index (χ1) is 9.45. The van der Waals surface area contributed by atoms with E-state index in [-0.39, 0.29) is 18.0 Å². The fraction of sp³-hybridized carbons (Fsp3) is 0.867. The fourth-order valence-corrected chi connectivity index (χ4v) is 2.94. The molecule has 1 aliphatic rings. The molecule has 0 aromatic heterocycles. The Labute approximate surface area is 121 Å². The van der Waals surface area contributed by atoms with Crippen molar-refractivity contribution in [1.82, 2.24) is 10.6 Å². The van der Waals surface area contributed by atoms with Gasteiger partial charge in [-0.25, -0.2) is 9.59 Å². The van der Waals surface area contributed by atoms with Crippen molar-refractivity contribution in [3.8, 4) is 0 Å². The van der Waals surface area contributed by atoms with Gasteiger partial charge in [-0.15, -0.1) is 0 Å². The van der Waals surface area contributed by atoms with Crippen molar-refractivity contribution in [1.29, 1.82) is 0 Å². The first-order valence-corrected chi connectivity index (χ1v) is 7.75.